The van der Waals surface area contributed by atoms with Gasteiger partial charge in [0.1, 0.15) is 17.5 Å². The average Bonchev–Trinajstić information content (AvgIpc) is 3.63. The molecule has 1 unspecified atom stereocenters. The van der Waals surface area contributed by atoms with Crippen molar-refractivity contribution < 1.29 is 13.9 Å². The Bertz CT molecular complexity index is 1130. The SMILES string of the molecule is C=CC[C@]1(C)O[C@H](c2cccc(Cl)c2)C(c2ccc(Cl)c(F)c2)N([C@H](CSC(C)(C)C)C2CC2)C1=O. The van der Waals surface area contributed by atoms with Gasteiger partial charge in [-0.2, -0.15) is 11.8 Å². The molecule has 4 rings (SSSR count). The molecule has 3 nitrogen and oxygen atoms in total. The number of carbonyl (C=O) groups is 1. The van der Waals surface area contributed by atoms with Crippen LogP contribution >= 0.6 is 35.0 Å². The molecular formula is C29H34Cl2FNO2S. The van der Waals surface area contributed by atoms with Gasteiger partial charge in [0.05, 0.1) is 11.1 Å². The lowest BCUT2D eigenvalue weighted by molar-refractivity contribution is -0.202. The third-order valence-corrected chi connectivity index (χ3v) is 8.78. The topological polar surface area (TPSA) is 29.5 Å². The lowest BCUT2D eigenvalue weighted by Gasteiger charge is -2.52. The Kier molecular flexibility index (Phi) is 8.16. The number of hydrogen-bond acceptors (Lipinski definition) is 3. The summed E-state index contributed by atoms with van der Waals surface area (Å²) in [6.45, 7) is 12.3. The molecule has 1 heterocycles. The zero-order valence-corrected chi connectivity index (χ0v) is 23.6. The first-order valence-corrected chi connectivity index (χ1v) is 14.1. The second-order valence-electron chi connectivity index (χ2n) is 11.0. The van der Waals surface area contributed by atoms with E-state index in [4.69, 9.17) is 27.9 Å². The Hall–Kier alpha value is -1.53. The summed E-state index contributed by atoms with van der Waals surface area (Å²) in [6.07, 6.45) is 3.69. The van der Waals surface area contributed by atoms with Crippen molar-refractivity contribution in [2.24, 2.45) is 5.92 Å². The highest BCUT2D eigenvalue weighted by molar-refractivity contribution is 8.00. The summed E-state index contributed by atoms with van der Waals surface area (Å²) in [4.78, 5) is 16.3. The van der Waals surface area contributed by atoms with Gasteiger partial charge in [0.2, 0.25) is 0 Å². The van der Waals surface area contributed by atoms with Crippen LogP contribution in [0.25, 0.3) is 0 Å². The molecule has 2 aliphatic rings. The Balaban J connectivity index is 1.90. The molecular weight excluding hydrogens is 516 g/mol. The lowest BCUT2D eigenvalue weighted by Crippen LogP contribution is -2.61. The maximum atomic E-state index is 14.8. The van der Waals surface area contributed by atoms with Gasteiger partial charge < -0.3 is 9.64 Å². The van der Waals surface area contributed by atoms with Crippen LogP contribution in [0.5, 0.6) is 0 Å². The molecule has 1 saturated carbocycles. The quantitative estimate of drug-likeness (QED) is 0.309. The van der Waals surface area contributed by atoms with Crippen molar-refractivity contribution in [3.63, 3.8) is 0 Å². The minimum atomic E-state index is -1.10. The highest BCUT2D eigenvalue weighted by atomic mass is 35.5. The second-order valence-corrected chi connectivity index (χ2v) is 13.7. The van der Waals surface area contributed by atoms with E-state index in [1.165, 1.54) is 6.07 Å². The highest BCUT2D eigenvalue weighted by Crippen LogP contribution is 2.51. The summed E-state index contributed by atoms with van der Waals surface area (Å²) in [5.74, 6) is 0.582. The number of hydrogen-bond donors (Lipinski definition) is 0. The molecule has 0 radical (unpaired) electrons. The van der Waals surface area contributed by atoms with Crippen molar-refractivity contribution in [3.8, 4) is 0 Å². The van der Waals surface area contributed by atoms with Gasteiger partial charge in [-0.3, -0.25) is 4.79 Å². The minimum absolute atomic E-state index is 0.0137. The fraction of sp³-hybridized carbons (Fsp3) is 0.483. The van der Waals surface area contributed by atoms with Crippen LogP contribution in [0.1, 0.15) is 70.2 Å². The molecule has 1 saturated heterocycles. The van der Waals surface area contributed by atoms with E-state index in [9.17, 15) is 9.18 Å². The number of carbonyl (C=O) groups excluding carboxylic acids is 1. The standard InChI is InChI=1S/C29H34Cl2FNO2S/c1-6-14-29(5)27(34)33(24(18-10-11-18)17-36-28(2,3)4)25(19-12-13-22(31)23(32)16-19)26(35-29)20-8-7-9-21(30)15-20/h6-9,12-13,15-16,18,24-26H,1,10-11,14,17H2,2-5H3/t24-,25?,26-,29+/m1/s1. The van der Waals surface area contributed by atoms with Crippen molar-refractivity contribution in [1.82, 2.24) is 4.90 Å². The fourth-order valence-corrected chi connectivity index (χ4v) is 6.35. The van der Waals surface area contributed by atoms with Crippen LogP contribution in [0, 0.1) is 11.7 Å². The molecule has 0 aromatic heterocycles. The zero-order chi connectivity index (χ0) is 26.3. The number of morpholine rings is 1. The van der Waals surface area contributed by atoms with Crippen molar-refractivity contribution in [1.29, 1.82) is 0 Å². The van der Waals surface area contributed by atoms with E-state index >= 15 is 0 Å². The lowest BCUT2D eigenvalue weighted by atomic mass is 9.85. The molecule has 2 fully saturated rings. The molecule has 194 valence electrons. The Morgan fingerprint density at radius 1 is 1.22 bits per heavy atom. The maximum Gasteiger partial charge on any atom is 0.255 e. The average molecular weight is 551 g/mol. The zero-order valence-electron chi connectivity index (χ0n) is 21.3. The first kappa shape index (κ1) is 27.5. The Morgan fingerprint density at radius 3 is 2.53 bits per heavy atom. The molecule has 1 aliphatic heterocycles. The summed E-state index contributed by atoms with van der Waals surface area (Å²) in [5.41, 5.74) is 0.395. The van der Waals surface area contributed by atoms with Gasteiger partial charge in [-0.1, -0.05) is 68.2 Å². The van der Waals surface area contributed by atoms with Gasteiger partial charge in [0.25, 0.3) is 5.91 Å². The van der Waals surface area contributed by atoms with Crippen molar-refractivity contribution >= 4 is 40.9 Å². The molecule has 2 aromatic carbocycles. The molecule has 36 heavy (non-hydrogen) atoms. The van der Waals surface area contributed by atoms with Crippen LogP contribution < -0.4 is 0 Å². The summed E-state index contributed by atoms with van der Waals surface area (Å²) in [6, 6.07) is 11.7. The van der Waals surface area contributed by atoms with Gasteiger partial charge in [0, 0.05) is 28.0 Å². The number of thioether (sulfide) groups is 1. The first-order chi connectivity index (χ1) is 16.9. The number of halogens is 3. The highest BCUT2D eigenvalue weighted by Gasteiger charge is 2.54. The first-order valence-electron chi connectivity index (χ1n) is 12.4. The van der Waals surface area contributed by atoms with E-state index < -0.39 is 23.6 Å². The second kappa shape index (κ2) is 10.7. The summed E-state index contributed by atoms with van der Waals surface area (Å²) in [5, 5.41) is 0.624. The van der Waals surface area contributed by atoms with E-state index in [0.717, 1.165) is 24.2 Å². The summed E-state index contributed by atoms with van der Waals surface area (Å²) >= 11 is 14.3. The monoisotopic (exact) mass is 549 g/mol. The van der Waals surface area contributed by atoms with Crippen LogP contribution in [-0.4, -0.2) is 32.9 Å². The predicted molar refractivity (Wildman–Crippen MR) is 148 cm³/mol. The van der Waals surface area contributed by atoms with Crippen molar-refractivity contribution in [3.05, 3.63) is 82.1 Å². The number of nitrogens with zero attached hydrogens (tertiary/aromatic N) is 1. The smallest absolute Gasteiger partial charge is 0.255 e. The Morgan fingerprint density at radius 2 is 1.94 bits per heavy atom. The number of ether oxygens (including phenoxy) is 1. The molecule has 1 amide bonds. The van der Waals surface area contributed by atoms with Crippen molar-refractivity contribution in [2.45, 2.75) is 75.5 Å². The van der Waals surface area contributed by atoms with Crippen LogP contribution in [-0.2, 0) is 9.53 Å². The van der Waals surface area contributed by atoms with E-state index in [-0.39, 0.29) is 21.7 Å². The third kappa shape index (κ3) is 5.96. The van der Waals surface area contributed by atoms with Crippen LogP contribution in [0.15, 0.2) is 55.1 Å². The van der Waals surface area contributed by atoms with Gasteiger partial charge in [-0.15, -0.1) is 6.58 Å². The normalized spacial score (nSPS) is 25.6. The maximum absolute atomic E-state index is 14.8. The van der Waals surface area contributed by atoms with Gasteiger partial charge in [-0.05, 0) is 61.1 Å². The summed E-state index contributed by atoms with van der Waals surface area (Å²) in [7, 11) is 0. The van der Waals surface area contributed by atoms with Gasteiger partial charge in [0.15, 0.2) is 0 Å². The number of benzene rings is 2. The van der Waals surface area contributed by atoms with Gasteiger partial charge >= 0.3 is 0 Å². The van der Waals surface area contributed by atoms with Crippen molar-refractivity contribution in [2.75, 3.05) is 5.75 Å². The fourth-order valence-electron chi connectivity index (χ4n) is 4.93. The van der Waals surface area contributed by atoms with Crippen LogP contribution in [0.3, 0.4) is 0 Å². The minimum Gasteiger partial charge on any atom is -0.355 e. The van der Waals surface area contributed by atoms with E-state index in [2.05, 4.69) is 27.4 Å². The third-order valence-electron chi connectivity index (χ3n) is 6.87. The summed E-state index contributed by atoms with van der Waals surface area (Å²) < 4.78 is 21.5. The number of rotatable bonds is 8. The molecule has 2 aromatic rings. The van der Waals surface area contributed by atoms with Crippen LogP contribution in [0.4, 0.5) is 4.39 Å². The van der Waals surface area contributed by atoms with E-state index in [0.29, 0.717) is 22.9 Å². The molecule has 7 heteroatoms. The van der Waals surface area contributed by atoms with E-state index in [1.54, 1.807) is 18.2 Å². The molecule has 0 N–H and O–H groups in total. The predicted octanol–water partition coefficient (Wildman–Crippen LogP) is 8.42. The van der Waals surface area contributed by atoms with Crippen LogP contribution in [0.2, 0.25) is 10.0 Å². The molecule has 4 atom stereocenters. The molecule has 1 aliphatic carbocycles. The van der Waals surface area contributed by atoms with Gasteiger partial charge in [-0.25, -0.2) is 4.39 Å². The largest absolute Gasteiger partial charge is 0.355 e. The number of amides is 1. The molecule has 0 spiro atoms. The van der Waals surface area contributed by atoms with E-state index in [1.807, 2.05) is 47.9 Å². The Labute approximate surface area is 228 Å². The molecule has 0 bridgehead atoms.